The minimum atomic E-state index is 0.393. The van der Waals surface area contributed by atoms with Crippen LogP contribution in [0.25, 0.3) is 11.4 Å². The summed E-state index contributed by atoms with van der Waals surface area (Å²) in [6, 6.07) is 7.30. The molecule has 0 aliphatic carbocycles. The number of nitrogens with zero attached hydrogens (tertiary/aromatic N) is 2. The van der Waals surface area contributed by atoms with Gasteiger partial charge in [0.2, 0.25) is 0 Å². The summed E-state index contributed by atoms with van der Waals surface area (Å²) in [5, 5.41) is 0. The Morgan fingerprint density at radius 2 is 1.95 bits per heavy atom. The van der Waals surface area contributed by atoms with Crippen molar-refractivity contribution in [3.05, 3.63) is 30.0 Å². The van der Waals surface area contributed by atoms with Crippen LogP contribution in [-0.4, -0.2) is 30.3 Å². The quantitative estimate of drug-likeness (QED) is 0.915. The molecule has 3 rings (SSSR count). The molecule has 0 radical (unpaired) electrons. The SMILES string of the molecule is COCc1cc(N)nc(-c2ccc3c(c2)OCCO3)n1. The first-order valence-electron chi connectivity index (χ1n) is 6.28. The van der Waals surface area contributed by atoms with Gasteiger partial charge < -0.3 is 19.9 Å². The highest BCUT2D eigenvalue weighted by molar-refractivity contribution is 5.62. The molecular formula is C14H15N3O3. The molecule has 0 unspecified atom stereocenters. The van der Waals surface area contributed by atoms with Crippen LogP contribution in [0.3, 0.4) is 0 Å². The number of nitrogen functional groups attached to an aromatic ring is 1. The molecular weight excluding hydrogens is 258 g/mol. The van der Waals surface area contributed by atoms with E-state index in [-0.39, 0.29) is 0 Å². The van der Waals surface area contributed by atoms with E-state index in [0.29, 0.717) is 37.2 Å². The molecule has 0 saturated heterocycles. The first kappa shape index (κ1) is 12.7. The summed E-state index contributed by atoms with van der Waals surface area (Å²) < 4.78 is 16.1. The summed E-state index contributed by atoms with van der Waals surface area (Å²) >= 11 is 0. The fourth-order valence-electron chi connectivity index (χ4n) is 2.05. The lowest BCUT2D eigenvalue weighted by atomic mass is 10.1. The van der Waals surface area contributed by atoms with Crippen molar-refractivity contribution in [2.75, 3.05) is 26.1 Å². The second-order valence-corrected chi connectivity index (χ2v) is 4.40. The van der Waals surface area contributed by atoms with Crippen LogP contribution in [-0.2, 0) is 11.3 Å². The zero-order valence-corrected chi connectivity index (χ0v) is 11.1. The van der Waals surface area contributed by atoms with E-state index in [0.717, 1.165) is 17.0 Å². The van der Waals surface area contributed by atoms with E-state index < -0.39 is 0 Å². The maximum atomic E-state index is 5.80. The van der Waals surface area contributed by atoms with Gasteiger partial charge in [-0.1, -0.05) is 0 Å². The minimum absolute atomic E-state index is 0.393. The number of anilines is 1. The van der Waals surface area contributed by atoms with Crippen LogP contribution in [0.5, 0.6) is 11.5 Å². The number of nitrogens with two attached hydrogens (primary N) is 1. The van der Waals surface area contributed by atoms with Gasteiger partial charge in [0.05, 0.1) is 12.3 Å². The molecule has 1 aliphatic rings. The molecule has 1 aromatic heterocycles. The number of aromatic nitrogens is 2. The van der Waals surface area contributed by atoms with Gasteiger partial charge in [-0.25, -0.2) is 9.97 Å². The van der Waals surface area contributed by atoms with E-state index >= 15 is 0 Å². The average Bonchev–Trinajstić information content (AvgIpc) is 2.46. The van der Waals surface area contributed by atoms with Crippen molar-refractivity contribution in [1.29, 1.82) is 0 Å². The molecule has 1 aliphatic heterocycles. The zero-order chi connectivity index (χ0) is 13.9. The molecule has 0 atom stereocenters. The van der Waals surface area contributed by atoms with E-state index in [4.69, 9.17) is 19.9 Å². The van der Waals surface area contributed by atoms with E-state index in [9.17, 15) is 0 Å². The number of ether oxygens (including phenoxy) is 3. The van der Waals surface area contributed by atoms with Gasteiger partial charge in [0.25, 0.3) is 0 Å². The molecule has 0 saturated carbocycles. The predicted molar refractivity (Wildman–Crippen MR) is 73.6 cm³/mol. The van der Waals surface area contributed by atoms with Crippen molar-refractivity contribution in [2.24, 2.45) is 0 Å². The summed E-state index contributed by atoms with van der Waals surface area (Å²) in [5.74, 6) is 2.40. The molecule has 0 amide bonds. The van der Waals surface area contributed by atoms with Crippen LogP contribution in [0, 0.1) is 0 Å². The van der Waals surface area contributed by atoms with Crippen molar-refractivity contribution in [1.82, 2.24) is 9.97 Å². The number of methoxy groups -OCH3 is 1. The molecule has 2 heterocycles. The molecule has 6 heteroatoms. The third-order valence-corrected chi connectivity index (χ3v) is 2.89. The van der Waals surface area contributed by atoms with Gasteiger partial charge in [-0.15, -0.1) is 0 Å². The first-order valence-corrected chi connectivity index (χ1v) is 6.28. The highest BCUT2D eigenvalue weighted by Gasteiger charge is 2.14. The first-order chi connectivity index (χ1) is 9.76. The Balaban J connectivity index is 1.99. The lowest BCUT2D eigenvalue weighted by Crippen LogP contribution is -2.15. The van der Waals surface area contributed by atoms with Crippen LogP contribution in [0.4, 0.5) is 5.82 Å². The van der Waals surface area contributed by atoms with Crippen molar-refractivity contribution < 1.29 is 14.2 Å². The summed E-state index contributed by atoms with van der Waals surface area (Å²) in [7, 11) is 1.61. The molecule has 0 spiro atoms. The van der Waals surface area contributed by atoms with Crippen LogP contribution in [0.2, 0.25) is 0 Å². The largest absolute Gasteiger partial charge is 0.486 e. The van der Waals surface area contributed by atoms with E-state index in [1.165, 1.54) is 0 Å². The predicted octanol–water partition coefficient (Wildman–Crippen LogP) is 1.64. The van der Waals surface area contributed by atoms with Crippen molar-refractivity contribution >= 4 is 5.82 Å². The van der Waals surface area contributed by atoms with Gasteiger partial charge in [0, 0.05) is 18.7 Å². The van der Waals surface area contributed by atoms with E-state index in [2.05, 4.69) is 9.97 Å². The summed E-state index contributed by atoms with van der Waals surface area (Å²) in [6.07, 6.45) is 0. The summed E-state index contributed by atoms with van der Waals surface area (Å²) in [6.45, 7) is 1.51. The highest BCUT2D eigenvalue weighted by Crippen LogP contribution is 2.33. The summed E-state index contributed by atoms with van der Waals surface area (Å²) in [4.78, 5) is 8.68. The zero-order valence-electron chi connectivity index (χ0n) is 11.1. The Bertz CT molecular complexity index is 631. The third kappa shape index (κ3) is 2.50. The molecule has 0 bridgehead atoms. The van der Waals surface area contributed by atoms with Gasteiger partial charge >= 0.3 is 0 Å². The van der Waals surface area contributed by atoms with Gasteiger partial charge in [0.1, 0.15) is 19.0 Å². The lowest BCUT2D eigenvalue weighted by Gasteiger charge is -2.18. The Labute approximate surface area is 116 Å². The smallest absolute Gasteiger partial charge is 0.162 e. The fraction of sp³-hybridized carbons (Fsp3) is 0.286. The normalized spacial score (nSPS) is 13.2. The molecule has 1 aromatic carbocycles. The van der Waals surface area contributed by atoms with E-state index in [1.807, 2.05) is 18.2 Å². The Kier molecular flexibility index (Phi) is 3.39. The standard InChI is InChI=1S/C14H15N3O3/c1-18-8-10-7-13(15)17-14(16-10)9-2-3-11-12(6-9)20-5-4-19-11/h2-3,6-7H,4-5,8H2,1H3,(H2,15,16,17). The molecule has 6 nitrogen and oxygen atoms in total. The van der Waals surface area contributed by atoms with Gasteiger partial charge in [0.15, 0.2) is 17.3 Å². The number of hydrogen-bond donors (Lipinski definition) is 1. The maximum absolute atomic E-state index is 5.80. The number of fused-ring (bicyclic) bond motifs is 1. The van der Waals surface area contributed by atoms with Crippen LogP contribution >= 0.6 is 0 Å². The third-order valence-electron chi connectivity index (χ3n) is 2.89. The average molecular weight is 273 g/mol. The number of rotatable bonds is 3. The second kappa shape index (κ2) is 5.34. The summed E-state index contributed by atoms with van der Waals surface area (Å²) in [5.41, 5.74) is 7.38. The van der Waals surface area contributed by atoms with Crippen LogP contribution in [0.1, 0.15) is 5.69 Å². The Hall–Kier alpha value is -2.34. The molecule has 2 aromatic rings. The van der Waals surface area contributed by atoms with Crippen molar-refractivity contribution in [3.63, 3.8) is 0 Å². The minimum Gasteiger partial charge on any atom is -0.486 e. The van der Waals surface area contributed by atoms with Gasteiger partial charge in [-0.2, -0.15) is 0 Å². The van der Waals surface area contributed by atoms with Crippen molar-refractivity contribution in [3.8, 4) is 22.9 Å². The molecule has 2 N–H and O–H groups in total. The second-order valence-electron chi connectivity index (χ2n) is 4.40. The highest BCUT2D eigenvalue weighted by atomic mass is 16.6. The van der Waals surface area contributed by atoms with Gasteiger partial charge in [-0.3, -0.25) is 0 Å². The molecule has 20 heavy (non-hydrogen) atoms. The lowest BCUT2D eigenvalue weighted by molar-refractivity contribution is 0.171. The fourth-order valence-corrected chi connectivity index (χ4v) is 2.05. The van der Waals surface area contributed by atoms with Crippen molar-refractivity contribution in [2.45, 2.75) is 6.61 Å². The number of hydrogen-bond acceptors (Lipinski definition) is 6. The molecule has 0 fully saturated rings. The Morgan fingerprint density at radius 3 is 2.75 bits per heavy atom. The maximum Gasteiger partial charge on any atom is 0.162 e. The van der Waals surface area contributed by atoms with Gasteiger partial charge in [-0.05, 0) is 18.2 Å². The molecule has 104 valence electrons. The topological polar surface area (TPSA) is 79.5 Å². The van der Waals surface area contributed by atoms with Crippen LogP contribution < -0.4 is 15.2 Å². The monoisotopic (exact) mass is 273 g/mol. The van der Waals surface area contributed by atoms with E-state index in [1.54, 1.807) is 13.2 Å². The number of benzene rings is 1. The van der Waals surface area contributed by atoms with Crippen LogP contribution in [0.15, 0.2) is 24.3 Å². The Morgan fingerprint density at radius 1 is 1.15 bits per heavy atom.